The van der Waals surface area contributed by atoms with Crippen LogP contribution in [0.4, 0.5) is 0 Å². The molecule has 0 bridgehead atoms. The van der Waals surface area contributed by atoms with E-state index in [0.717, 1.165) is 44.9 Å². The molecule has 27 heteroatoms. The predicted octanol–water partition coefficient (Wildman–Crippen LogP) is -5.50. The number of aliphatic hydroxyl groups is 2. The normalized spacial score (nSPS) is 22.4. The molecule has 2 rings (SSSR count). The van der Waals surface area contributed by atoms with Crippen LogP contribution in [0.3, 0.4) is 0 Å². The molecule has 1 fully saturated rings. The van der Waals surface area contributed by atoms with E-state index in [2.05, 4.69) is 54.8 Å². The van der Waals surface area contributed by atoms with E-state index < -0.39 is 159 Å². The summed E-state index contributed by atoms with van der Waals surface area (Å²) in [7, 11) is 0. The minimum Gasteiger partial charge on any atom is -0.508 e. The third-order valence-corrected chi connectivity index (χ3v) is 11.1. The number of nitrogens with one attached hydrogen (secondary N) is 9. The van der Waals surface area contributed by atoms with Gasteiger partial charge in [-0.15, -0.1) is 0 Å². The van der Waals surface area contributed by atoms with Crippen molar-refractivity contribution < 1.29 is 72.9 Å². The average molecular weight is 1020 g/mol. The summed E-state index contributed by atoms with van der Waals surface area (Å²) in [5.41, 5.74) is 16.3. The van der Waals surface area contributed by atoms with Crippen LogP contribution in [-0.4, -0.2) is 155 Å². The molecule has 1 aromatic rings. The Bertz CT molecular complexity index is 2060. The molecule has 1 aliphatic rings. The highest BCUT2D eigenvalue weighted by atomic mass is 16.3. The Kier molecular flexibility index (Phi) is 27.4. The summed E-state index contributed by atoms with van der Waals surface area (Å²) in [5, 5.41) is 50.3. The second-order valence-electron chi connectivity index (χ2n) is 17.2. The van der Waals surface area contributed by atoms with Gasteiger partial charge in [0.05, 0.1) is 45.4 Å². The van der Waals surface area contributed by atoms with Crippen molar-refractivity contribution in [3.63, 3.8) is 0 Å². The van der Waals surface area contributed by atoms with E-state index in [-0.39, 0.29) is 18.7 Å². The monoisotopic (exact) mass is 1020 g/mol. The molecule has 0 radical (unpaired) electrons. The van der Waals surface area contributed by atoms with Crippen LogP contribution in [0.1, 0.15) is 102 Å². The average Bonchev–Trinajstić information content (AvgIpc) is 3.31. The maximum absolute atomic E-state index is 13.9. The predicted molar refractivity (Wildman–Crippen MR) is 253 cm³/mol. The van der Waals surface area contributed by atoms with E-state index in [1.165, 1.54) is 37.1 Å². The van der Waals surface area contributed by atoms with E-state index in [1.54, 1.807) is 0 Å². The van der Waals surface area contributed by atoms with Crippen molar-refractivity contribution in [2.75, 3.05) is 26.3 Å². The lowest BCUT2D eigenvalue weighted by Crippen LogP contribution is -2.60. The van der Waals surface area contributed by atoms with E-state index in [1.807, 2.05) is 0 Å². The maximum Gasteiger partial charge on any atom is 0.245 e. The number of carbonyl (C=O) groups excluding carboxylic acids is 12. The van der Waals surface area contributed by atoms with E-state index in [9.17, 15) is 72.9 Å². The lowest BCUT2D eigenvalue weighted by atomic mass is 10.0. The SMILES string of the molecule is CCCCCCCCCCCCNC(=O)[C@@H]1CC(=O)N[C@H](CO)C(=O)N[C@H](Cc2ccc(O)cc2)C(=O)N[C@H](CC(N)=O)C(=O)NCC(=O)N[C@H](CC(N)=O)C(=O)N[C@H](CO)C(=O)N[C@@H](CC(N)=O)C(=O)N1. The molecule has 27 nitrogen and oxygen atoms in total. The van der Waals surface area contributed by atoms with Gasteiger partial charge in [0.15, 0.2) is 0 Å². The summed E-state index contributed by atoms with van der Waals surface area (Å²) in [6.45, 7) is -1.03. The molecule has 0 spiro atoms. The first-order valence-corrected chi connectivity index (χ1v) is 23.7. The molecule has 1 saturated heterocycles. The molecule has 72 heavy (non-hydrogen) atoms. The maximum atomic E-state index is 13.9. The van der Waals surface area contributed by atoms with Crippen LogP contribution < -0.4 is 65.1 Å². The molecule has 0 aromatic heterocycles. The van der Waals surface area contributed by atoms with Crippen molar-refractivity contribution in [3.05, 3.63) is 29.8 Å². The third kappa shape index (κ3) is 23.5. The minimum atomic E-state index is -1.95. The highest BCUT2D eigenvalue weighted by molar-refractivity contribution is 6.00. The zero-order valence-electron chi connectivity index (χ0n) is 40.3. The molecule has 0 aliphatic carbocycles. The van der Waals surface area contributed by atoms with Crippen LogP contribution in [-0.2, 0) is 64.0 Å². The van der Waals surface area contributed by atoms with Crippen LogP contribution >= 0.6 is 0 Å². The Morgan fingerprint density at radius 2 is 0.931 bits per heavy atom. The number of aliphatic hydroxyl groups excluding tert-OH is 2. The fraction of sp³-hybridized carbons (Fsp3) is 0.600. The number of benzene rings is 1. The van der Waals surface area contributed by atoms with Crippen molar-refractivity contribution in [2.24, 2.45) is 17.2 Å². The van der Waals surface area contributed by atoms with Gasteiger partial charge in [-0.2, -0.15) is 0 Å². The summed E-state index contributed by atoms with van der Waals surface area (Å²) in [4.78, 5) is 158. The van der Waals surface area contributed by atoms with Gasteiger partial charge < -0.3 is 80.4 Å². The summed E-state index contributed by atoms with van der Waals surface area (Å²) in [6, 6.07) is -7.58. The Labute approximate surface area is 415 Å². The zero-order valence-corrected chi connectivity index (χ0v) is 40.3. The lowest BCUT2D eigenvalue weighted by molar-refractivity contribution is -0.137. The fourth-order valence-electron chi connectivity index (χ4n) is 7.19. The van der Waals surface area contributed by atoms with Gasteiger partial charge in [-0.05, 0) is 24.1 Å². The van der Waals surface area contributed by atoms with Gasteiger partial charge in [0.2, 0.25) is 70.9 Å². The third-order valence-electron chi connectivity index (χ3n) is 11.1. The number of carbonyl (C=O) groups is 12. The fourth-order valence-corrected chi connectivity index (χ4v) is 7.19. The summed E-state index contributed by atoms with van der Waals surface area (Å²) in [6.07, 6.45) is 5.91. The van der Waals surface area contributed by atoms with Gasteiger partial charge in [-0.25, -0.2) is 0 Å². The van der Waals surface area contributed by atoms with Crippen molar-refractivity contribution in [1.29, 1.82) is 0 Å². The standard InChI is InChI=1S/C45H70N12O15/c1-2-3-4-5-6-7-8-9-10-11-16-49-39(66)31-21-37(64)52-32(23-58)44(71)53-27(17-25-12-14-26(60)15-13-25)41(68)54-28(18-34(46)61)40(67)50-22-38(65)51-29(19-35(47)62)42(69)57-33(24-59)45(72)55-30(20-36(48)63)43(70)56-31/h12-15,27-33,58-60H,2-11,16-24H2,1H3,(H2,46,61)(H2,47,62)(H2,48,63)(H,49,66)(H,50,67)(H,51,65)(H,52,64)(H,53,71)(H,54,68)(H,55,72)(H,56,70)(H,57,69)/t27-,28-,29-,30+,31+,32-,33-/m1/s1. The number of hydrogen-bond donors (Lipinski definition) is 15. The Balaban J connectivity index is 2.58. The van der Waals surface area contributed by atoms with Crippen LogP contribution in [0.2, 0.25) is 0 Å². The number of rotatable bonds is 22. The van der Waals surface area contributed by atoms with Gasteiger partial charge in [0.1, 0.15) is 48.0 Å². The number of hydrogen-bond acceptors (Lipinski definition) is 15. The Morgan fingerprint density at radius 3 is 1.44 bits per heavy atom. The highest BCUT2D eigenvalue weighted by Crippen LogP contribution is 2.13. The molecule has 1 aromatic carbocycles. The molecular weight excluding hydrogens is 949 g/mol. The Morgan fingerprint density at radius 1 is 0.528 bits per heavy atom. The molecule has 7 atom stereocenters. The summed E-state index contributed by atoms with van der Waals surface area (Å²) < 4.78 is 0. The number of amides is 12. The van der Waals surface area contributed by atoms with Crippen LogP contribution in [0.25, 0.3) is 0 Å². The first-order valence-electron chi connectivity index (χ1n) is 23.7. The number of unbranched alkanes of at least 4 members (excludes halogenated alkanes) is 9. The van der Waals surface area contributed by atoms with Crippen molar-refractivity contribution in [2.45, 2.75) is 146 Å². The number of aromatic hydroxyl groups is 1. The largest absolute Gasteiger partial charge is 0.508 e. The highest BCUT2D eigenvalue weighted by Gasteiger charge is 2.35. The number of phenolic OH excluding ortho intramolecular Hbond substituents is 1. The minimum absolute atomic E-state index is 0.0912. The Hall–Kier alpha value is -7.42. The van der Waals surface area contributed by atoms with Crippen molar-refractivity contribution >= 4 is 70.9 Å². The second-order valence-corrected chi connectivity index (χ2v) is 17.2. The van der Waals surface area contributed by atoms with Gasteiger partial charge in [-0.3, -0.25) is 57.5 Å². The molecule has 1 heterocycles. The van der Waals surface area contributed by atoms with Crippen LogP contribution in [0.15, 0.2) is 24.3 Å². The van der Waals surface area contributed by atoms with E-state index >= 15 is 0 Å². The molecule has 400 valence electrons. The molecule has 0 saturated carbocycles. The first-order chi connectivity index (χ1) is 34.2. The second kappa shape index (κ2) is 32.5. The lowest BCUT2D eigenvalue weighted by Gasteiger charge is -2.26. The number of phenols is 1. The number of nitrogens with two attached hydrogens (primary N) is 3. The summed E-state index contributed by atoms with van der Waals surface area (Å²) >= 11 is 0. The zero-order chi connectivity index (χ0) is 53.8. The topological polar surface area (TPSA) is 452 Å². The quantitative estimate of drug-likeness (QED) is 0.0482. The van der Waals surface area contributed by atoms with Crippen LogP contribution in [0, 0.1) is 0 Å². The van der Waals surface area contributed by atoms with Gasteiger partial charge >= 0.3 is 0 Å². The van der Waals surface area contributed by atoms with Gasteiger partial charge in [-0.1, -0.05) is 76.8 Å². The van der Waals surface area contributed by atoms with E-state index in [0.29, 0.717) is 12.0 Å². The van der Waals surface area contributed by atoms with Gasteiger partial charge in [0, 0.05) is 13.0 Å². The molecular formula is C45H70N12O15. The first kappa shape index (κ1) is 60.7. The molecule has 12 amide bonds. The van der Waals surface area contributed by atoms with Crippen molar-refractivity contribution in [1.82, 2.24) is 47.9 Å². The van der Waals surface area contributed by atoms with Crippen molar-refractivity contribution in [3.8, 4) is 5.75 Å². The molecule has 0 unspecified atom stereocenters. The van der Waals surface area contributed by atoms with E-state index in [4.69, 9.17) is 17.2 Å². The van der Waals surface area contributed by atoms with Gasteiger partial charge in [0.25, 0.3) is 0 Å². The summed E-state index contributed by atoms with van der Waals surface area (Å²) in [5.74, 6) is -14.2. The van der Waals surface area contributed by atoms with Crippen LogP contribution in [0.5, 0.6) is 5.75 Å². The molecule has 1 aliphatic heterocycles. The smallest absolute Gasteiger partial charge is 0.245 e. The molecule has 18 N–H and O–H groups in total. The number of primary amides is 3.